The molecule has 1 aromatic heterocycles. The number of fused-ring (bicyclic) bond motifs is 1. The summed E-state index contributed by atoms with van der Waals surface area (Å²) in [4.78, 5) is 50.6. The maximum absolute atomic E-state index is 13.8. The number of hydrogen-bond acceptors (Lipinski definition) is 9. The highest BCUT2D eigenvalue weighted by molar-refractivity contribution is 6.03. The predicted molar refractivity (Wildman–Crippen MR) is 173 cm³/mol. The summed E-state index contributed by atoms with van der Waals surface area (Å²) in [6.45, 7) is 7.82. The minimum Gasteiger partial charge on any atom is -0.495 e. The van der Waals surface area contributed by atoms with Gasteiger partial charge in [0.25, 0.3) is 0 Å². The molecule has 3 aromatic rings. The zero-order valence-electron chi connectivity index (χ0n) is 26.2. The van der Waals surface area contributed by atoms with E-state index < -0.39 is 23.5 Å². The van der Waals surface area contributed by atoms with Crippen LogP contribution in [0.5, 0.6) is 11.5 Å². The number of likely N-dealkylation sites (tertiary alicyclic amines) is 1. The molecule has 2 aromatic carbocycles. The zero-order chi connectivity index (χ0) is 31.3. The Morgan fingerprint density at radius 1 is 1.02 bits per heavy atom. The first-order chi connectivity index (χ1) is 20.5. The molecule has 1 saturated heterocycles. The van der Waals surface area contributed by atoms with Crippen LogP contribution in [0.3, 0.4) is 0 Å². The van der Waals surface area contributed by atoms with Crippen LogP contribution in [-0.4, -0.2) is 78.5 Å². The number of para-hydroxylation sites is 2. The molecule has 0 saturated carbocycles. The van der Waals surface area contributed by atoms with E-state index in [4.69, 9.17) is 9.47 Å². The number of likely N-dealkylation sites (N-methyl/N-ethyl adjacent to an activating group) is 1. The normalized spacial score (nSPS) is 16.0. The smallest absolute Gasteiger partial charge is 0.247 e. The van der Waals surface area contributed by atoms with Gasteiger partial charge in [0, 0.05) is 18.0 Å². The van der Waals surface area contributed by atoms with Gasteiger partial charge in [0.05, 0.1) is 37.2 Å². The number of anilines is 3. The molecule has 238 valence electrons. The average Bonchev–Trinajstić information content (AvgIpc) is 3.49. The molecule has 44 heavy (non-hydrogen) atoms. The number of nitrogens with zero attached hydrogens (tertiary/aromatic N) is 3. The Labute approximate surface area is 264 Å². The van der Waals surface area contributed by atoms with E-state index >= 15 is 0 Å². The first-order valence-corrected chi connectivity index (χ1v) is 14.3. The van der Waals surface area contributed by atoms with Gasteiger partial charge < -0.3 is 35.6 Å². The van der Waals surface area contributed by atoms with Crippen molar-refractivity contribution in [3.63, 3.8) is 0 Å². The number of halogens is 1. The van der Waals surface area contributed by atoms with Gasteiger partial charge in [-0.3, -0.25) is 14.4 Å². The Morgan fingerprint density at radius 3 is 2.39 bits per heavy atom. The maximum Gasteiger partial charge on any atom is 0.247 e. The highest BCUT2D eigenvalue weighted by atomic mass is 35.5. The average molecular weight is 628 g/mol. The van der Waals surface area contributed by atoms with Crippen molar-refractivity contribution in [3.05, 3.63) is 42.7 Å². The van der Waals surface area contributed by atoms with Crippen molar-refractivity contribution in [3.8, 4) is 11.5 Å². The van der Waals surface area contributed by atoms with Gasteiger partial charge in [0.1, 0.15) is 35.7 Å². The molecule has 1 aliphatic heterocycles. The molecule has 1 fully saturated rings. The number of methoxy groups -OCH3 is 2. The van der Waals surface area contributed by atoms with Crippen molar-refractivity contribution in [1.82, 2.24) is 25.5 Å². The first-order valence-electron chi connectivity index (χ1n) is 14.3. The fourth-order valence-corrected chi connectivity index (χ4v) is 5.06. The lowest BCUT2D eigenvalue weighted by Gasteiger charge is -2.36. The SMILES string of the molecule is CN[C@@H](C)C(=O)N[C@H](C(=O)N1CCC[C@H]1C(=O)Nc1cc2c(Nc3ccccc3OC)ncnc2cc1OC)C(C)(C)C.Cl. The van der Waals surface area contributed by atoms with Crippen molar-refractivity contribution in [2.24, 2.45) is 5.41 Å². The second-order valence-corrected chi connectivity index (χ2v) is 11.6. The number of rotatable bonds is 10. The van der Waals surface area contributed by atoms with E-state index in [-0.39, 0.29) is 30.1 Å². The number of carbonyl (C=O) groups is 3. The van der Waals surface area contributed by atoms with Gasteiger partial charge in [-0.1, -0.05) is 32.9 Å². The van der Waals surface area contributed by atoms with E-state index in [0.717, 1.165) is 5.69 Å². The maximum atomic E-state index is 13.8. The van der Waals surface area contributed by atoms with Crippen LogP contribution in [0, 0.1) is 5.41 Å². The molecule has 0 unspecified atom stereocenters. The quantitative estimate of drug-likeness (QED) is 0.263. The van der Waals surface area contributed by atoms with E-state index in [0.29, 0.717) is 53.3 Å². The molecule has 3 atom stereocenters. The third kappa shape index (κ3) is 7.48. The van der Waals surface area contributed by atoms with Gasteiger partial charge in [-0.2, -0.15) is 0 Å². The Balaban J connectivity index is 0.00000529. The molecule has 0 spiro atoms. The van der Waals surface area contributed by atoms with Gasteiger partial charge in [0.15, 0.2) is 0 Å². The third-order valence-corrected chi connectivity index (χ3v) is 7.64. The first kappa shape index (κ1) is 34.3. The Bertz CT molecular complexity index is 1500. The van der Waals surface area contributed by atoms with Crippen LogP contribution in [0.2, 0.25) is 0 Å². The van der Waals surface area contributed by atoms with E-state index in [1.54, 1.807) is 38.1 Å². The Kier molecular flexibility index (Phi) is 11.3. The van der Waals surface area contributed by atoms with Crippen LogP contribution in [-0.2, 0) is 14.4 Å². The molecule has 4 rings (SSSR count). The third-order valence-electron chi connectivity index (χ3n) is 7.64. The lowest BCUT2D eigenvalue weighted by molar-refractivity contribution is -0.143. The van der Waals surface area contributed by atoms with Crippen LogP contribution in [0.25, 0.3) is 10.9 Å². The van der Waals surface area contributed by atoms with Gasteiger partial charge in [-0.15, -0.1) is 12.4 Å². The van der Waals surface area contributed by atoms with Crippen LogP contribution >= 0.6 is 12.4 Å². The zero-order valence-corrected chi connectivity index (χ0v) is 27.0. The number of amides is 3. The molecular weight excluding hydrogens is 586 g/mol. The molecule has 13 heteroatoms. The fraction of sp³-hybridized carbons (Fsp3) is 0.452. The summed E-state index contributed by atoms with van der Waals surface area (Å²) in [5.41, 5.74) is 1.17. The molecule has 1 aliphatic rings. The molecular formula is C31H42ClN7O5. The number of ether oxygens (including phenoxy) is 2. The minimum atomic E-state index is -0.805. The lowest BCUT2D eigenvalue weighted by atomic mass is 9.85. The van der Waals surface area contributed by atoms with Crippen molar-refractivity contribution in [2.45, 2.75) is 58.7 Å². The second kappa shape index (κ2) is 14.5. The topological polar surface area (TPSA) is 147 Å². The second-order valence-electron chi connectivity index (χ2n) is 11.6. The highest BCUT2D eigenvalue weighted by Crippen LogP contribution is 2.35. The van der Waals surface area contributed by atoms with Gasteiger partial charge in [-0.25, -0.2) is 9.97 Å². The van der Waals surface area contributed by atoms with Crippen molar-refractivity contribution in [2.75, 3.05) is 38.4 Å². The molecule has 2 heterocycles. The summed E-state index contributed by atoms with van der Waals surface area (Å²) in [5.74, 6) is 0.666. The Hall–Kier alpha value is -4.16. The predicted octanol–water partition coefficient (Wildman–Crippen LogP) is 3.88. The van der Waals surface area contributed by atoms with E-state index in [1.807, 2.05) is 45.0 Å². The minimum absolute atomic E-state index is 0. The molecule has 4 N–H and O–H groups in total. The standard InChI is InChI=1S/C31H41N7O5.ClH/c1-18(32-5)28(39)37-26(31(2,3)4)30(41)38-14-10-12-23(38)29(40)36-22-15-19-21(16-25(22)43-7)33-17-34-27(19)35-20-11-8-9-13-24(20)42-6;/h8-9,11,13,15-18,23,26,32H,10,12,14H2,1-7H3,(H,36,40)(H,37,39)(H,33,34,35);1H/t18-,23-,26+;/m0./s1. The summed E-state index contributed by atoms with van der Waals surface area (Å²) >= 11 is 0. The lowest BCUT2D eigenvalue weighted by Crippen LogP contribution is -2.59. The molecule has 0 aliphatic carbocycles. The molecule has 12 nitrogen and oxygen atoms in total. The summed E-state index contributed by atoms with van der Waals surface area (Å²) in [7, 11) is 4.79. The number of aromatic nitrogens is 2. The van der Waals surface area contributed by atoms with Crippen LogP contribution < -0.4 is 30.7 Å². The summed E-state index contributed by atoms with van der Waals surface area (Å²) < 4.78 is 11.1. The van der Waals surface area contributed by atoms with Crippen LogP contribution in [0.15, 0.2) is 42.7 Å². The number of nitrogens with one attached hydrogen (secondary N) is 4. The van der Waals surface area contributed by atoms with Crippen LogP contribution in [0.4, 0.5) is 17.2 Å². The number of benzene rings is 2. The fourth-order valence-electron chi connectivity index (χ4n) is 5.06. The Morgan fingerprint density at radius 2 is 1.73 bits per heavy atom. The number of carbonyl (C=O) groups excluding carboxylic acids is 3. The van der Waals surface area contributed by atoms with Gasteiger partial charge in [-0.05, 0) is 50.4 Å². The summed E-state index contributed by atoms with van der Waals surface area (Å²) in [5, 5.41) is 12.7. The molecule has 0 radical (unpaired) electrons. The molecule has 0 bridgehead atoms. The van der Waals surface area contributed by atoms with Crippen molar-refractivity contribution >= 4 is 58.2 Å². The van der Waals surface area contributed by atoms with E-state index in [9.17, 15) is 14.4 Å². The summed E-state index contributed by atoms with van der Waals surface area (Å²) in [6.07, 6.45) is 2.60. The van der Waals surface area contributed by atoms with Crippen molar-refractivity contribution in [1.29, 1.82) is 0 Å². The number of hydrogen-bond donors (Lipinski definition) is 4. The molecule has 3 amide bonds. The largest absolute Gasteiger partial charge is 0.495 e. The summed E-state index contributed by atoms with van der Waals surface area (Å²) in [6, 6.07) is 8.96. The van der Waals surface area contributed by atoms with Crippen LogP contribution in [0.1, 0.15) is 40.5 Å². The van der Waals surface area contributed by atoms with Crippen molar-refractivity contribution < 1.29 is 23.9 Å². The van der Waals surface area contributed by atoms with E-state index in [2.05, 4.69) is 31.2 Å². The monoisotopic (exact) mass is 627 g/mol. The highest BCUT2D eigenvalue weighted by Gasteiger charge is 2.42. The van der Waals surface area contributed by atoms with E-state index in [1.165, 1.54) is 13.4 Å². The van der Waals surface area contributed by atoms with Gasteiger partial charge in [0.2, 0.25) is 17.7 Å². The van der Waals surface area contributed by atoms with Gasteiger partial charge >= 0.3 is 0 Å².